The van der Waals surface area contributed by atoms with Crippen LogP contribution in [0.1, 0.15) is 20.3 Å². The molecule has 12 heavy (non-hydrogen) atoms. The first kappa shape index (κ1) is 11.2. The lowest BCUT2D eigenvalue weighted by Gasteiger charge is -2.12. The van der Waals surface area contributed by atoms with E-state index in [-0.39, 0.29) is 25.1 Å². The van der Waals surface area contributed by atoms with E-state index in [1.807, 2.05) is 6.92 Å². The quantitative estimate of drug-likeness (QED) is 0.499. The average Bonchev–Trinajstić information content (AvgIpc) is 1.97. The van der Waals surface area contributed by atoms with Crippen molar-refractivity contribution >= 4 is 5.97 Å². The summed E-state index contributed by atoms with van der Waals surface area (Å²) in [6, 6.07) is 0. The second-order valence-corrected chi connectivity index (χ2v) is 3.01. The Labute approximate surface area is 73.0 Å². The first-order valence-electron chi connectivity index (χ1n) is 3.95. The van der Waals surface area contributed by atoms with Gasteiger partial charge in [0.15, 0.2) is 0 Å². The third-order valence-electron chi connectivity index (χ3n) is 1.42. The van der Waals surface area contributed by atoms with Gasteiger partial charge in [-0.1, -0.05) is 5.57 Å². The normalized spacial score (nSPS) is 12.2. The van der Waals surface area contributed by atoms with E-state index in [1.165, 1.54) is 6.92 Å². The molecule has 0 heterocycles. The van der Waals surface area contributed by atoms with E-state index in [0.29, 0.717) is 6.42 Å². The first-order chi connectivity index (χ1) is 5.56. The highest BCUT2D eigenvalue weighted by Gasteiger charge is 2.08. The van der Waals surface area contributed by atoms with Crippen molar-refractivity contribution in [3.63, 3.8) is 0 Å². The van der Waals surface area contributed by atoms with E-state index in [9.17, 15) is 4.79 Å². The second kappa shape index (κ2) is 5.77. The molecule has 3 heteroatoms. The molecule has 0 spiro atoms. The van der Waals surface area contributed by atoms with Crippen LogP contribution < -0.4 is 0 Å². The van der Waals surface area contributed by atoms with Crippen LogP contribution in [0.15, 0.2) is 12.2 Å². The molecule has 0 saturated carbocycles. The Morgan fingerprint density at radius 3 is 2.50 bits per heavy atom. The Kier molecular flexibility index (Phi) is 5.37. The van der Waals surface area contributed by atoms with Crippen molar-refractivity contribution in [3.8, 4) is 0 Å². The summed E-state index contributed by atoms with van der Waals surface area (Å²) in [5.74, 6) is -0.318. The number of aliphatic hydroxyl groups is 1. The minimum Gasteiger partial charge on any atom is -0.465 e. The Balaban J connectivity index is 3.67. The van der Waals surface area contributed by atoms with Crippen LogP contribution in [0.5, 0.6) is 0 Å². The fourth-order valence-corrected chi connectivity index (χ4v) is 0.904. The number of ether oxygens (including phenoxy) is 1. The maximum atomic E-state index is 10.4. The molecule has 1 atom stereocenters. The van der Waals surface area contributed by atoms with E-state index >= 15 is 0 Å². The molecule has 0 aliphatic carbocycles. The number of allylic oxidation sites excluding steroid dienone is 1. The fourth-order valence-electron chi connectivity index (χ4n) is 0.904. The standard InChI is InChI=1S/C9H16O3/c1-7(2)4-9(5-10)6-12-8(3)11/h9-10H,1,4-6H2,2-3H3/t9-/m1/s1. The monoisotopic (exact) mass is 172 g/mol. The van der Waals surface area contributed by atoms with Crippen LogP contribution in [0.4, 0.5) is 0 Å². The van der Waals surface area contributed by atoms with Gasteiger partial charge in [-0.2, -0.15) is 0 Å². The van der Waals surface area contributed by atoms with Gasteiger partial charge < -0.3 is 9.84 Å². The van der Waals surface area contributed by atoms with Gasteiger partial charge in [0.05, 0.1) is 6.61 Å². The van der Waals surface area contributed by atoms with Crippen LogP contribution in [0.2, 0.25) is 0 Å². The average molecular weight is 172 g/mol. The molecule has 0 rings (SSSR count). The van der Waals surface area contributed by atoms with Crippen LogP contribution in [-0.2, 0) is 9.53 Å². The van der Waals surface area contributed by atoms with Crippen LogP contribution in [0.25, 0.3) is 0 Å². The number of carbonyl (C=O) groups excluding carboxylic acids is 1. The second-order valence-electron chi connectivity index (χ2n) is 3.01. The summed E-state index contributed by atoms with van der Waals surface area (Å²) < 4.78 is 4.76. The summed E-state index contributed by atoms with van der Waals surface area (Å²) in [5, 5.41) is 8.86. The first-order valence-corrected chi connectivity index (χ1v) is 3.95. The van der Waals surface area contributed by atoms with E-state index in [0.717, 1.165) is 5.57 Å². The number of esters is 1. The highest BCUT2D eigenvalue weighted by molar-refractivity contribution is 5.65. The van der Waals surface area contributed by atoms with Gasteiger partial charge in [0.1, 0.15) is 0 Å². The molecule has 0 aromatic rings. The molecule has 0 radical (unpaired) electrons. The molecule has 1 N–H and O–H groups in total. The predicted molar refractivity (Wildman–Crippen MR) is 46.6 cm³/mol. The molecule has 0 amide bonds. The third kappa shape index (κ3) is 5.92. The molecule has 0 aromatic carbocycles. The van der Waals surface area contributed by atoms with Crippen LogP contribution in [0, 0.1) is 5.92 Å². The van der Waals surface area contributed by atoms with Gasteiger partial charge in [-0.3, -0.25) is 4.79 Å². The van der Waals surface area contributed by atoms with E-state index in [1.54, 1.807) is 0 Å². The molecule has 0 aliphatic rings. The van der Waals surface area contributed by atoms with Crippen molar-refractivity contribution in [3.05, 3.63) is 12.2 Å². The predicted octanol–water partition coefficient (Wildman–Crippen LogP) is 1.12. The molecule has 70 valence electrons. The lowest BCUT2D eigenvalue weighted by molar-refractivity contribution is -0.142. The Morgan fingerprint density at radius 2 is 2.17 bits per heavy atom. The fraction of sp³-hybridized carbons (Fsp3) is 0.667. The highest BCUT2D eigenvalue weighted by atomic mass is 16.5. The lowest BCUT2D eigenvalue weighted by atomic mass is 10.0. The molecule has 0 aliphatic heterocycles. The zero-order chi connectivity index (χ0) is 9.56. The van der Waals surface area contributed by atoms with E-state index < -0.39 is 0 Å². The molecular weight excluding hydrogens is 156 g/mol. The van der Waals surface area contributed by atoms with Gasteiger partial charge in [0, 0.05) is 19.4 Å². The highest BCUT2D eigenvalue weighted by Crippen LogP contribution is 2.09. The molecule has 0 fully saturated rings. The van der Waals surface area contributed by atoms with Crippen molar-refractivity contribution in [2.24, 2.45) is 5.92 Å². The zero-order valence-electron chi connectivity index (χ0n) is 7.67. The summed E-state index contributed by atoms with van der Waals surface area (Å²) in [6.45, 7) is 7.26. The van der Waals surface area contributed by atoms with Crippen molar-refractivity contribution < 1.29 is 14.6 Å². The molecular formula is C9H16O3. The SMILES string of the molecule is C=C(C)C[C@H](CO)COC(C)=O. The van der Waals surface area contributed by atoms with Gasteiger partial charge in [0.25, 0.3) is 0 Å². The number of carbonyl (C=O) groups is 1. The number of rotatable bonds is 5. The molecule has 0 bridgehead atoms. The summed E-state index contributed by atoms with van der Waals surface area (Å²) in [7, 11) is 0. The Morgan fingerprint density at radius 1 is 1.58 bits per heavy atom. The number of aliphatic hydroxyl groups excluding tert-OH is 1. The minimum absolute atomic E-state index is 0.00796. The number of hydrogen-bond donors (Lipinski definition) is 1. The maximum Gasteiger partial charge on any atom is 0.302 e. The van der Waals surface area contributed by atoms with Gasteiger partial charge in [-0.05, 0) is 13.3 Å². The van der Waals surface area contributed by atoms with Gasteiger partial charge in [-0.15, -0.1) is 6.58 Å². The largest absolute Gasteiger partial charge is 0.465 e. The van der Waals surface area contributed by atoms with Crippen LogP contribution >= 0.6 is 0 Å². The summed E-state index contributed by atoms with van der Waals surface area (Å²) in [4.78, 5) is 10.4. The van der Waals surface area contributed by atoms with Gasteiger partial charge in [-0.25, -0.2) is 0 Å². The molecule has 0 aromatic heterocycles. The van der Waals surface area contributed by atoms with Crippen molar-refractivity contribution in [1.82, 2.24) is 0 Å². The van der Waals surface area contributed by atoms with Crippen molar-refractivity contribution in [1.29, 1.82) is 0 Å². The van der Waals surface area contributed by atoms with Crippen molar-refractivity contribution in [2.45, 2.75) is 20.3 Å². The van der Waals surface area contributed by atoms with E-state index in [4.69, 9.17) is 9.84 Å². The maximum absolute atomic E-state index is 10.4. The molecule has 3 nitrogen and oxygen atoms in total. The topological polar surface area (TPSA) is 46.5 Å². The van der Waals surface area contributed by atoms with Gasteiger partial charge in [0.2, 0.25) is 0 Å². The Hall–Kier alpha value is -0.830. The minimum atomic E-state index is -0.310. The van der Waals surface area contributed by atoms with Crippen LogP contribution in [0.3, 0.4) is 0 Å². The summed E-state index contributed by atoms with van der Waals surface area (Å²) in [5.41, 5.74) is 0.987. The summed E-state index contributed by atoms with van der Waals surface area (Å²) >= 11 is 0. The Bertz CT molecular complexity index is 163. The van der Waals surface area contributed by atoms with Gasteiger partial charge >= 0.3 is 5.97 Å². The van der Waals surface area contributed by atoms with E-state index in [2.05, 4.69) is 6.58 Å². The molecule has 0 saturated heterocycles. The van der Waals surface area contributed by atoms with Crippen molar-refractivity contribution in [2.75, 3.05) is 13.2 Å². The molecule has 0 unspecified atom stereocenters. The third-order valence-corrected chi connectivity index (χ3v) is 1.42. The smallest absolute Gasteiger partial charge is 0.302 e. The lowest BCUT2D eigenvalue weighted by Crippen LogP contribution is -2.16. The zero-order valence-corrected chi connectivity index (χ0v) is 7.67. The number of hydrogen-bond acceptors (Lipinski definition) is 3. The van der Waals surface area contributed by atoms with Crippen LogP contribution in [-0.4, -0.2) is 24.3 Å². The summed E-state index contributed by atoms with van der Waals surface area (Å²) in [6.07, 6.45) is 0.698.